The summed E-state index contributed by atoms with van der Waals surface area (Å²) in [5, 5.41) is 5.94. The molecule has 0 aliphatic rings. The largest absolute Gasteiger partial charge is 0.493 e. The number of carbonyl (C=O) groups excluding carboxylic acids is 1. The maximum atomic E-state index is 11.5. The van der Waals surface area contributed by atoms with Crippen LogP contribution in [0.15, 0.2) is 18.2 Å². The number of carbonyl (C=O) groups is 1. The number of rotatable bonds is 8. The van der Waals surface area contributed by atoms with Crippen LogP contribution in [0.2, 0.25) is 0 Å². The molecule has 0 bridgehead atoms. The molecule has 0 radical (unpaired) electrons. The summed E-state index contributed by atoms with van der Waals surface area (Å²) in [6, 6.07) is 5.89. The lowest BCUT2D eigenvalue weighted by Crippen LogP contribution is -2.37. The van der Waals surface area contributed by atoms with E-state index in [0.29, 0.717) is 18.9 Å². The number of methoxy groups -OCH3 is 1. The molecule has 1 rings (SSSR count). The molecule has 5 nitrogen and oxygen atoms in total. The van der Waals surface area contributed by atoms with Crippen LogP contribution < -0.4 is 20.1 Å². The average molecular weight is 280 g/mol. The molecule has 1 aromatic carbocycles. The van der Waals surface area contributed by atoms with Gasteiger partial charge in [-0.3, -0.25) is 4.79 Å². The Hall–Kier alpha value is -1.75. The van der Waals surface area contributed by atoms with Crippen LogP contribution in [0.5, 0.6) is 11.5 Å². The van der Waals surface area contributed by atoms with Crippen LogP contribution in [0.25, 0.3) is 0 Å². The lowest BCUT2D eigenvalue weighted by molar-refractivity contribution is -0.120. The predicted molar refractivity (Wildman–Crippen MR) is 79.1 cm³/mol. The Labute approximate surface area is 120 Å². The fourth-order valence-corrected chi connectivity index (χ4v) is 1.89. The average Bonchev–Trinajstić information content (AvgIpc) is 2.38. The van der Waals surface area contributed by atoms with Gasteiger partial charge in [-0.15, -0.1) is 0 Å². The molecule has 0 fully saturated rings. The molecule has 0 atom stereocenters. The molecule has 0 heterocycles. The Morgan fingerprint density at radius 3 is 2.70 bits per heavy atom. The maximum absolute atomic E-state index is 11.5. The van der Waals surface area contributed by atoms with E-state index in [2.05, 4.69) is 10.6 Å². The Kier molecular flexibility index (Phi) is 6.87. The summed E-state index contributed by atoms with van der Waals surface area (Å²) in [5.74, 6) is 1.42. The lowest BCUT2D eigenvalue weighted by atomic mass is 10.2. The number of benzene rings is 1. The molecule has 0 saturated carbocycles. The third kappa shape index (κ3) is 5.09. The van der Waals surface area contributed by atoms with E-state index in [0.717, 1.165) is 11.3 Å². The van der Waals surface area contributed by atoms with Gasteiger partial charge < -0.3 is 20.1 Å². The van der Waals surface area contributed by atoms with E-state index < -0.39 is 0 Å². The number of hydrogen-bond acceptors (Lipinski definition) is 4. The molecular weight excluding hydrogens is 256 g/mol. The van der Waals surface area contributed by atoms with Gasteiger partial charge in [-0.2, -0.15) is 0 Å². The number of para-hydroxylation sites is 1. The summed E-state index contributed by atoms with van der Waals surface area (Å²) in [6.45, 7) is 7.22. The van der Waals surface area contributed by atoms with Crippen molar-refractivity contribution in [1.82, 2.24) is 10.6 Å². The molecule has 0 unspecified atom stereocenters. The van der Waals surface area contributed by atoms with Gasteiger partial charge in [0.15, 0.2) is 11.5 Å². The third-order valence-corrected chi connectivity index (χ3v) is 2.62. The molecule has 5 heteroatoms. The van der Waals surface area contributed by atoms with Crippen LogP contribution in [0.4, 0.5) is 0 Å². The number of amides is 1. The van der Waals surface area contributed by atoms with Crippen molar-refractivity contribution in [2.24, 2.45) is 0 Å². The first kappa shape index (κ1) is 16.3. The van der Waals surface area contributed by atoms with Gasteiger partial charge in [-0.25, -0.2) is 0 Å². The molecular formula is C15H24N2O3. The minimum atomic E-state index is -0.0140. The molecule has 20 heavy (non-hydrogen) atoms. The van der Waals surface area contributed by atoms with E-state index in [1.165, 1.54) is 0 Å². The van der Waals surface area contributed by atoms with Crippen LogP contribution in [-0.2, 0) is 11.3 Å². The van der Waals surface area contributed by atoms with Crippen molar-refractivity contribution >= 4 is 5.91 Å². The van der Waals surface area contributed by atoms with E-state index in [9.17, 15) is 4.79 Å². The Balaban J connectivity index is 2.59. The van der Waals surface area contributed by atoms with Crippen molar-refractivity contribution in [1.29, 1.82) is 0 Å². The highest BCUT2D eigenvalue weighted by atomic mass is 16.5. The van der Waals surface area contributed by atoms with E-state index >= 15 is 0 Å². The normalized spacial score (nSPS) is 10.4. The zero-order chi connectivity index (χ0) is 15.0. The summed E-state index contributed by atoms with van der Waals surface area (Å²) in [7, 11) is 1.62. The number of ether oxygens (including phenoxy) is 2. The second kappa shape index (κ2) is 8.43. The van der Waals surface area contributed by atoms with Crippen molar-refractivity contribution in [2.75, 3.05) is 20.3 Å². The van der Waals surface area contributed by atoms with Crippen LogP contribution in [0, 0.1) is 0 Å². The highest BCUT2D eigenvalue weighted by Gasteiger charge is 2.10. The molecule has 0 aliphatic heterocycles. The quantitative estimate of drug-likeness (QED) is 0.761. The van der Waals surface area contributed by atoms with Crippen LogP contribution in [0.1, 0.15) is 26.3 Å². The zero-order valence-corrected chi connectivity index (χ0v) is 12.7. The fraction of sp³-hybridized carbons (Fsp3) is 0.533. The number of hydrogen-bond donors (Lipinski definition) is 2. The van der Waals surface area contributed by atoms with Crippen molar-refractivity contribution in [3.8, 4) is 11.5 Å². The monoisotopic (exact) mass is 280 g/mol. The standard InChI is InChI=1S/C15H24N2O3/c1-5-20-13-8-6-7-12(15(13)19-4)9-16-10-14(18)17-11(2)3/h6-8,11,16H,5,9-10H2,1-4H3,(H,17,18). The van der Waals surface area contributed by atoms with Crippen LogP contribution >= 0.6 is 0 Å². The topological polar surface area (TPSA) is 59.6 Å². The van der Waals surface area contributed by atoms with Crippen molar-refractivity contribution < 1.29 is 14.3 Å². The minimum Gasteiger partial charge on any atom is -0.493 e. The van der Waals surface area contributed by atoms with Crippen molar-refractivity contribution in [2.45, 2.75) is 33.4 Å². The Morgan fingerprint density at radius 1 is 1.35 bits per heavy atom. The first-order valence-electron chi connectivity index (χ1n) is 6.87. The third-order valence-electron chi connectivity index (χ3n) is 2.62. The summed E-state index contributed by atoms with van der Waals surface area (Å²) in [6.07, 6.45) is 0. The van der Waals surface area contributed by atoms with E-state index in [-0.39, 0.29) is 18.5 Å². The summed E-state index contributed by atoms with van der Waals surface area (Å²) < 4.78 is 10.9. The number of nitrogens with one attached hydrogen (secondary N) is 2. The van der Waals surface area contributed by atoms with Gasteiger partial charge in [0.25, 0.3) is 0 Å². The molecule has 0 aromatic heterocycles. The molecule has 1 aromatic rings. The summed E-state index contributed by atoms with van der Waals surface area (Å²) in [5.41, 5.74) is 0.968. The Morgan fingerprint density at radius 2 is 2.10 bits per heavy atom. The second-order valence-corrected chi connectivity index (χ2v) is 4.71. The van der Waals surface area contributed by atoms with Crippen LogP contribution in [-0.4, -0.2) is 32.2 Å². The minimum absolute atomic E-state index is 0.0140. The van der Waals surface area contributed by atoms with Gasteiger partial charge in [0.2, 0.25) is 5.91 Å². The predicted octanol–water partition coefficient (Wildman–Crippen LogP) is 1.71. The first-order valence-corrected chi connectivity index (χ1v) is 6.87. The molecule has 0 saturated heterocycles. The highest BCUT2D eigenvalue weighted by Crippen LogP contribution is 2.30. The van der Waals surface area contributed by atoms with E-state index in [4.69, 9.17) is 9.47 Å². The summed E-state index contributed by atoms with van der Waals surface area (Å²) >= 11 is 0. The zero-order valence-electron chi connectivity index (χ0n) is 12.7. The van der Waals surface area contributed by atoms with Gasteiger partial charge in [0.1, 0.15) is 0 Å². The van der Waals surface area contributed by atoms with Gasteiger partial charge in [-0.05, 0) is 26.8 Å². The van der Waals surface area contributed by atoms with E-state index in [1.54, 1.807) is 7.11 Å². The first-order chi connectivity index (χ1) is 9.58. The lowest BCUT2D eigenvalue weighted by Gasteiger charge is -2.14. The van der Waals surface area contributed by atoms with Crippen LogP contribution in [0.3, 0.4) is 0 Å². The van der Waals surface area contributed by atoms with Gasteiger partial charge >= 0.3 is 0 Å². The van der Waals surface area contributed by atoms with Crippen molar-refractivity contribution in [3.05, 3.63) is 23.8 Å². The van der Waals surface area contributed by atoms with Gasteiger partial charge in [-0.1, -0.05) is 12.1 Å². The molecule has 0 aliphatic carbocycles. The maximum Gasteiger partial charge on any atom is 0.234 e. The highest BCUT2D eigenvalue weighted by molar-refractivity contribution is 5.78. The molecule has 2 N–H and O–H groups in total. The fourth-order valence-electron chi connectivity index (χ4n) is 1.89. The molecule has 1 amide bonds. The SMILES string of the molecule is CCOc1cccc(CNCC(=O)NC(C)C)c1OC. The second-order valence-electron chi connectivity index (χ2n) is 4.71. The van der Waals surface area contributed by atoms with Gasteiger partial charge in [0, 0.05) is 18.2 Å². The summed E-state index contributed by atoms with van der Waals surface area (Å²) in [4.78, 5) is 11.5. The molecule has 112 valence electrons. The van der Waals surface area contributed by atoms with Gasteiger partial charge in [0.05, 0.1) is 20.3 Å². The Bertz CT molecular complexity index is 433. The molecule has 0 spiro atoms. The smallest absolute Gasteiger partial charge is 0.234 e. The van der Waals surface area contributed by atoms with E-state index in [1.807, 2.05) is 39.0 Å². The van der Waals surface area contributed by atoms with Crippen molar-refractivity contribution in [3.63, 3.8) is 0 Å².